The van der Waals surface area contributed by atoms with Gasteiger partial charge in [0, 0.05) is 11.9 Å². The Kier molecular flexibility index (Phi) is 2.73. The Bertz CT molecular complexity index is 256. The predicted octanol–water partition coefficient (Wildman–Crippen LogP) is 2.78. The molecule has 0 bridgehead atoms. The largest absolute Gasteiger partial charge is 0.361 e. The standard InChI is InChI=1S/C10H13N/c1-3-5-6-10-9(4-2)7-8-11-10/h3,5-8,11H,1,4H2,2H3/b6-5-. The molecule has 0 saturated carbocycles. The molecule has 1 heterocycles. The van der Waals surface area contributed by atoms with Gasteiger partial charge >= 0.3 is 0 Å². The van der Waals surface area contributed by atoms with Gasteiger partial charge in [0.25, 0.3) is 0 Å². The number of H-pyrrole nitrogens is 1. The molecule has 58 valence electrons. The zero-order valence-electron chi connectivity index (χ0n) is 6.80. The summed E-state index contributed by atoms with van der Waals surface area (Å²) in [6.07, 6.45) is 8.78. The van der Waals surface area contributed by atoms with Crippen molar-refractivity contribution in [2.75, 3.05) is 0 Å². The van der Waals surface area contributed by atoms with E-state index in [4.69, 9.17) is 0 Å². The molecule has 0 aromatic carbocycles. The first-order chi connectivity index (χ1) is 5.38. The Morgan fingerprint density at radius 1 is 1.64 bits per heavy atom. The van der Waals surface area contributed by atoms with E-state index in [-0.39, 0.29) is 0 Å². The van der Waals surface area contributed by atoms with E-state index in [1.807, 2.05) is 18.3 Å². The van der Waals surface area contributed by atoms with E-state index in [0.29, 0.717) is 0 Å². The van der Waals surface area contributed by atoms with Crippen molar-refractivity contribution < 1.29 is 0 Å². The van der Waals surface area contributed by atoms with Crippen molar-refractivity contribution in [2.45, 2.75) is 13.3 Å². The maximum absolute atomic E-state index is 3.61. The molecule has 0 amide bonds. The Labute approximate surface area is 67.5 Å². The summed E-state index contributed by atoms with van der Waals surface area (Å²) in [5.74, 6) is 0. The van der Waals surface area contributed by atoms with Crippen molar-refractivity contribution in [3.63, 3.8) is 0 Å². The van der Waals surface area contributed by atoms with Gasteiger partial charge in [-0.1, -0.05) is 25.7 Å². The molecule has 11 heavy (non-hydrogen) atoms. The van der Waals surface area contributed by atoms with E-state index in [1.54, 1.807) is 6.08 Å². The molecular weight excluding hydrogens is 134 g/mol. The lowest BCUT2D eigenvalue weighted by molar-refractivity contribution is 1.13. The predicted molar refractivity (Wildman–Crippen MR) is 49.4 cm³/mol. The highest BCUT2D eigenvalue weighted by molar-refractivity contribution is 5.51. The second kappa shape index (κ2) is 3.81. The van der Waals surface area contributed by atoms with E-state index >= 15 is 0 Å². The Morgan fingerprint density at radius 2 is 2.45 bits per heavy atom. The first kappa shape index (κ1) is 7.86. The van der Waals surface area contributed by atoms with Crippen molar-refractivity contribution in [3.05, 3.63) is 42.3 Å². The summed E-state index contributed by atoms with van der Waals surface area (Å²) in [5, 5.41) is 0. The molecule has 0 saturated heterocycles. The number of aromatic nitrogens is 1. The molecule has 1 nitrogen and oxygen atoms in total. The molecule has 0 atom stereocenters. The molecule has 0 aliphatic heterocycles. The third kappa shape index (κ3) is 1.84. The Balaban J connectivity index is 2.84. The maximum atomic E-state index is 3.61. The van der Waals surface area contributed by atoms with E-state index in [1.165, 1.54) is 11.3 Å². The number of hydrogen-bond acceptors (Lipinski definition) is 0. The summed E-state index contributed by atoms with van der Waals surface area (Å²) in [6, 6.07) is 2.10. The monoisotopic (exact) mass is 147 g/mol. The van der Waals surface area contributed by atoms with Crippen LogP contribution in [0.4, 0.5) is 0 Å². The second-order valence-electron chi connectivity index (χ2n) is 2.36. The third-order valence-electron chi connectivity index (χ3n) is 1.65. The summed E-state index contributed by atoms with van der Waals surface area (Å²) in [4.78, 5) is 3.16. The van der Waals surface area contributed by atoms with Gasteiger partial charge in [0.1, 0.15) is 0 Å². The highest BCUT2D eigenvalue weighted by Crippen LogP contribution is 2.08. The molecular formula is C10H13N. The van der Waals surface area contributed by atoms with Crippen molar-refractivity contribution in [2.24, 2.45) is 0 Å². The van der Waals surface area contributed by atoms with Crippen LogP contribution in [0.15, 0.2) is 31.0 Å². The van der Waals surface area contributed by atoms with Crippen molar-refractivity contribution in [1.29, 1.82) is 0 Å². The van der Waals surface area contributed by atoms with Crippen molar-refractivity contribution in [3.8, 4) is 0 Å². The van der Waals surface area contributed by atoms with Gasteiger partial charge < -0.3 is 4.98 Å². The van der Waals surface area contributed by atoms with Gasteiger partial charge in [-0.3, -0.25) is 0 Å². The SMILES string of the molecule is C=C/C=C\c1[nH]ccc1CC. The average Bonchev–Trinajstić information content (AvgIpc) is 2.47. The minimum Gasteiger partial charge on any atom is -0.361 e. The van der Waals surface area contributed by atoms with Crippen molar-refractivity contribution >= 4 is 6.08 Å². The van der Waals surface area contributed by atoms with E-state index in [0.717, 1.165) is 6.42 Å². The molecule has 1 N–H and O–H groups in total. The zero-order valence-corrected chi connectivity index (χ0v) is 6.80. The van der Waals surface area contributed by atoms with Gasteiger partial charge in [-0.05, 0) is 24.1 Å². The van der Waals surface area contributed by atoms with Gasteiger partial charge in [0.2, 0.25) is 0 Å². The molecule has 0 aliphatic rings. The van der Waals surface area contributed by atoms with Gasteiger partial charge in [0.05, 0.1) is 0 Å². The third-order valence-corrected chi connectivity index (χ3v) is 1.65. The summed E-state index contributed by atoms with van der Waals surface area (Å²) in [7, 11) is 0. The minimum atomic E-state index is 1.07. The van der Waals surface area contributed by atoms with Gasteiger partial charge in [-0.15, -0.1) is 0 Å². The van der Waals surface area contributed by atoms with Gasteiger partial charge in [-0.25, -0.2) is 0 Å². The van der Waals surface area contributed by atoms with Crippen LogP contribution in [0.1, 0.15) is 18.2 Å². The Morgan fingerprint density at radius 3 is 3.09 bits per heavy atom. The fourth-order valence-electron chi connectivity index (χ4n) is 1.04. The highest BCUT2D eigenvalue weighted by atomic mass is 14.7. The lowest BCUT2D eigenvalue weighted by atomic mass is 10.2. The molecule has 0 radical (unpaired) electrons. The highest BCUT2D eigenvalue weighted by Gasteiger charge is 1.94. The Hall–Kier alpha value is -1.24. The maximum Gasteiger partial charge on any atom is 0.0412 e. The number of nitrogens with one attached hydrogen (secondary N) is 1. The van der Waals surface area contributed by atoms with Crippen LogP contribution in [0.5, 0.6) is 0 Å². The lowest BCUT2D eigenvalue weighted by Crippen LogP contribution is -1.79. The number of aryl methyl sites for hydroxylation is 1. The van der Waals surface area contributed by atoms with E-state index in [9.17, 15) is 0 Å². The van der Waals surface area contributed by atoms with Crippen LogP contribution in [0.2, 0.25) is 0 Å². The fourth-order valence-corrected chi connectivity index (χ4v) is 1.04. The van der Waals surface area contributed by atoms with E-state index < -0.39 is 0 Å². The lowest BCUT2D eigenvalue weighted by Gasteiger charge is -1.91. The van der Waals surface area contributed by atoms with Crippen LogP contribution >= 0.6 is 0 Å². The number of allylic oxidation sites excluding steroid dienone is 2. The van der Waals surface area contributed by atoms with Crippen LogP contribution in [-0.2, 0) is 6.42 Å². The summed E-state index contributed by atoms with van der Waals surface area (Å²) < 4.78 is 0. The average molecular weight is 147 g/mol. The van der Waals surface area contributed by atoms with Crippen LogP contribution in [0.25, 0.3) is 6.08 Å². The van der Waals surface area contributed by atoms with Crippen LogP contribution in [0.3, 0.4) is 0 Å². The number of aromatic amines is 1. The topological polar surface area (TPSA) is 15.8 Å². The normalized spacial score (nSPS) is 10.6. The molecule has 1 aromatic heterocycles. The van der Waals surface area contributed by atoms with E-state index in [2.05, 4.69) is 24.6 Å². The van der Waals surface area contributed by atoms with Crippen LogP contribution < -0.4 is 0 Å². The summed E-state index contributed by atoms with van der Waals surface area (Å²) >= 11 is 0. The smallest absolute Gasteiger partial charge is 0.0412 e. The first-order valence-electron chi connectivity index (χ1n) is 3.83. The molecule has 0 fully saturated rings. The fraction of sp³-hybridized carbons (Fsp3) is 0.200. The quantitative estimate of drug-likeness (QED) is 0.633. The summed E-state index contributed by atoms with van der Waals surface area (Å²) in [6.45, 7) is 5.76. The molecule has 1 aromatic rings. The van der Waals surface area contributed by atoms with Crippen molar-refractivity contribution in [1.82, 2.24) is 4.98 Å². The van der Waals surface area contributed by atoms with Crippen LogP contribution in [-0.4, -0.2) is 4.98 Å². The molecule has 1 heteroatoms. The molecule has 1 rings (SSSR count). The summed E-state index contributed by atoms with van der Waals surface area (Å²) in [5.41, 5.74) is 2.54. The van der Waals surface area contributed by atoms with Crippen LogP contribution in [0, 0.1) is 0 Å². The number of rotatable bonds is 3. The van der Waals surface area contributed by atoms with Gasteiger partial charge in [0.15, 0.2) is 0 Å². The number of hydrogen-bond donors (Lipinski definition) is 1. The second-order valence-corrected chi connectivity index (χ2v) is 2.36. The van der Waals surface area contributed by atoms with Gasteiger partial charge in [-0.2, -0.15) is 0 Å². The first-order valence-corrected chi connectivity index (χ1v) is 3.83. The minimum absolute atomic E-state index is 1.07. The zero-order chi connectivity index (χ0) is 8.10. The molecule has 0 aliphatic carbocycles. The molecule has 0 spiro atoms. The molecule has 0 unspecified atom stereocenters.